The van der Waals surface area contributed by atoms with Crippen molar-refractivity contribution in [1.29, 1.82) is 0 Å². The zero-order chi connectivity index (χ0) is 13.9. The molecule has 0 bridgehead atoms. The van der Waals surface area contributed by atoms with Gasteiger partial charge in [0.2, 0.25) is 0 Å². The number of H-pyrrole nitrogens is 1. The number of aliphatic imine (C=N–C) groups is 1. The Bertz CT molecular complexity index is 616. The standard InChI is InChI=1S/C16H19N3S/c1-3-9-19-11-17-16(20-2)15-14(19)10-13(18-15)12-7-5-4-6-8-12/h4-8,10,18H,3,9,11H2,1-2H3. The molecule has 1 aliphatic heterocycles. The van der Waals surface area contributed by atoms with Gasteiger partial charge in [-0.25, -0.2) is 0 Å². The number of rotatable bonds is 3. The summed E-state index contributed by atoms with van der Waals surface area (Å²) < 4.78 is 0. The van der Waals surface area contributed by atoms with Gasteiger partial charge >= 0.3 is 0 Å². The molecule has 0 radical (unpaired) electrons. The molecule has 1 aromatic carbocycles. The van der Waals surface area contributed by atoms with Gasteiger partial charge in [0.1, 0.15) is 11.7 Å². The van der Waals surface area contributed by atoms with Crippen molar-refractivity contribution in [3.8, 4) is 11.3 Å². The Morgan fingerprint density at radius 2 is 2.10 bits per heavy atom. The van der Waals surface area contributed by atoms with E-state index in [2.05, 4.69) is 58.4 Å². The summed E-state index contributed by atoms with van der Waals surface area (Å²) in [6.07, 6.45) is 3.22. The van der Waals surface area contributed by atoms with Gasteiger partial charge in [0.15, 0.2) is 0 Å². The topological polar surface area (TPSA) is 31.4 Å². The van der Waals surface area contributed by atoms with E-state index in [0.717, 1.165) is 30.4 Å². The first-order valence-corrected chi connectivity index (χ1v) is 8.18. The molecule has 0 fully saturated rings. The summed E-state index contributed by atoms with van der Waals surface area (Å²) in [4.78, 5) is 10.6. The van der Waals surface area contributed by atoms with Crippen molar-refractivity contribution in [2.75, 3.05) is 24.4 Å². The molecule has 0 amide bonds. The van der Waals surface area contributed by atoms with E-state index < -0.39 is 0 Å². The second-order valence-corrected chi connectivity index (χ2v) is 5.68. The van der Waals surface area contributed by atoms with Crippen LogP contribution in [-0.4, -0.2) is 29.5 Å². The molecule has 0 atom stereocenters. The third-order valence-corrected chi connectivity index (χ3v) is 4.23. The van der Waals surface area contributed by atoms with Crippen molar-refractivity contribution >= 4 is 22.5 Å². The van der Waals surface area contributed by atoms with Crippen molar-refractivity contribution in [2.45, 2.75) is 13.3 Å². The van der Waals surface area contributed by atoms with Crippen LogP contribution in [0.1, 0.15) is 19.0 Å². The predicted octanol–water partition coefficient (Wildman–Crippen LogP) is 3.98. The highest BCUT2D eigenvalue weighted by Crippen LogP contribution is 2.33. The number of benzene rings is 1. The normalized spacial score (nSPS) is 14.1. The fourth-order valence-corrected chi connectivity index (χ4v) is 3.11. The third kappa shape index (κ3) is 2.36. The fourth-order valence-electron chi connectivity index (χ4n) is 2.56. The molecule has 2 aromatic rings. The number of hydrogen-bond acceptors (Lipinski definition) is 3. The van der Waals surface area contributed by atoms with E-state index >= 15 is 0 Å². The first-order chi connectivity index (χ1) is 9.83. The Balaban J connectivity index is 2.04. The molecule has 1 aromatic heterocycles. The minimum atomic E-state index is 0.767. The van der Waals surface area contributed by atoms with Crippen LogP contribution in [0.3, 0.4) is 0 Å². The lowest BCUT2D eigenvalue weighted by Crippen LogP contribution is -2.29. The molecule has 104 valence electrons. The number of hydrogen-bond donors (Lipinski definition) is 1. The lowest BCUT2D eigenvalue weighted by atomic mass is 10.1. The van der Waals surface area contributed by atoms with Crippen LogP contribution >= 0.6 is 11.8 Å². The number of fused-ring (bicyclic) bond motifs is 1. The van der Waals surface area contributed by atoms with Crippen LogP contribution in [0.5, 0.6) is 0 Å². The summed E-state index contributed by atoms with van der Waals surface area (Å²) in [5, 5.41) is 1.11. The predicted molar refractivity (Wildman–Crippen MR) is 88.8 cm³/mol. The molecular formula is C16H19N3S. The molecule has 0 spiro atoms. The summed E-state index contributed by atoms with van der Waals surface area (Å²) in [5.74, 6) is 0. The monoisotopic (exact) mass is 285 g/mol. The van der Waals surface area contributed by atoms with E-state index in [1.54, 1.807) is 11.8 Å². The van der Waals surface area contributed by atoms with Crippen LogP contribution in [0.2, 0.25) is 0 Å². The molecular weight excluding hydrogens is 266 g/mol. The van der Waals surface area contributed by atoms with Gasteiger partial charge < -0.3 is 9.88 Å². The molecule has 1 aliphatic rings. The maximum Gasteiger partial charge on any atom is 0.118 e. The number of nitrogens with one attached hydrogen (secondary N) is 1. The quantitative estimate of drug-likeness (QED) is 0.925. The lowest BCUT2D eigenvalue weighted by Gasteiger charge is -2.26. The van der Waals surface area contributed by atoms with Gasteiger partial charge in [0, 0.05) is 12.2 Å². The van der Waals surface area contributed by atoms with E-state index in [9.17, 15) is 0 Å². The first-order valence-electron chi connectivity index (χ1n) is 6.95. The highest BCUT2D eigenvalue weighted by molar-refractivity contribution is 8.13. The Morgan fingerprint density at radius 1 is 1.30 bits per heavy atom. The van der Waals surface area contributed by atoms with Crippen LogP contribution < -0.4 is 4.90 Å². The average Bonchev–Trinajstić information content (AvgIpc) is 2.94. The van der Waals surface area contributed by atoms with Crippen molar-refractivity contribution < 1.29 is 0 Å². The first kappa shape index (κ1) is 13.3. The van der Waals surface area contributed by atoms with Gasteiger partial charge in [-0.3, -0.25) is 4.99 Å². The zero-order valence-electron chi connectivity index (χ0n) is 11.9. The number of aromatic nitrogens is 1. The van der Waals surface area contributed by atoms with E-state index in [-0.39, 0.29) is 0 Å². The molecule has 0 unspecified atom stereocenters. The van der Waals surface area contributed by atoms with Crippen molar-refractivity contribution in [3.63, 3.8) is 0 Å². The lowest BCUT2D eigenvalue weighted by molar-refractivity contribution is 0.772. The van der Waals surface area contributed by atoms with Gasteiger partial charge in [0.05, 0.1) is 11.4 Å². The van der Waals surface area contributed by atoms with E-state index in [1.807, 2.05) is 6.07 Å². The summed E-state index contributed by atoms with van der Waals surface area (Å²) in [6, 6.07) is 12.7. The van der Waals surface area contributed by atoms with Gasteiger partial charge in [-0.15, -0.1) is 11.8 Å². The Morgan fingerprint density at radius 3 is 2.80 bits per heavy atom. The van der Waals surface area contributed by atoms with E-state index in [4.69, 9.17) is 0 Å². The van der Waals surface area contributed by atoms with Crippen LogP contribution in [0.4, 0.5) is 5.69 Å². The summed E-state index contributed by atoms with van der Waals surface area (Å²) in [5.41, 5.74) is 4.83. The summed E-state index contributed by atoms with van der Waals surface area (Å²) >= 11 is 1.71. The van der Waals surface area contributed by atoms with Crippen molar-refractivity contribution in [1.82, 2.24) is 4.98 Å². The van der Waals surface area contributed by atoms with Crippen molar-refractivity contribution in [3.05, 3.63) is 42.1 Å². The minimum Gasteiger partial charge on any atom is -0.351 e. The molecule has 3 nitrogen and oxygen atoms in total. The number of thioether (sulfide) groups is 1. The Hall–Kier alpha value is -1.68. The maximum absolute atomic E-state index is 4.67. The highest BCUT2D eigenvalue weighted by Gasteiger charge is 2.22. The average molecular weight is 285 g/mol. The molecule has 4 heteroatoms. The fraction of sp³-hybridized carbons (Fsp3) is 0.312. The smallest absolute Gasteiger partial charge is 0.118 e. The number of nitrogens with zero attached hydrogens (tertiary/aromatic N) is 2. The largest absolute Gasteiger partial charge is 0.351 e. The molecule has 20 heavy (non-hydrogen) atoms. The highest BCUT2D eigenvalue weighted by atomic mass is 32.2. The minimum absolute atomic E-state index is 0.767. The van der Waals surface area contributed by atoms with Gasteiger partial charge in [-0.2, -0.15) is 0 Å². The SMILES string of the molecule is CCCN1CN=C(SC)c2[nH]c(-c3ccccc3)cc21. The number of anilines is 1. The third-order valence-electron chi connectivity index (χ3n) is 3.51. The van der Waals surface area contributed by atoms with Crippen LogP contribution in [-0.2, 0) is 0 Å². The Labute approximate surface area is 124 Å². The summed E-state index contributed by atoms with van der Waals surface area (Å²) in [7, 11) is 0. The number of aromatic amines is 1. The van der Waals surface area contributed by atoms with Crippen LogP contribution in [0.15, 0.2) is 41.4 Å². The molecule has 0 aliphatic carbocycles. The zero-order valence-corrected chi connectivity index (χ0v) is 12.7. The maximum atomic E-state index is 4.67. The van der Waals surface area contributed by atoms with Crippen molar-refractivity contribution in [2.24, 2.45) is 4.99 Å². The second-order valence-electron chi connectivity index (χ2n) is 4.88. The Kier molecular flexibility index (Phi) is 3.83. The molecule has 0 saturated heterocycles. The molecule has 1 N–H and O–H groups in total. The molecule has 2 heterocycles. The van der Waals surface area contributed by atoms with Crippen LogP contribution in [0, 0.1) is 0 Å². The second kappa shape index (κ2) is 5.75. The molecule has 0 saturated carbocycles. The van der Waals surface area contributed by atoms with Gasteiger partial charge in [-0.1, -0.05) is 37.3 Å². The van der Waals surface area contributed by atoms with E-state index in [1.165, 1.54) is 16.9 Å². The summed E-state index contributed by atoms with van der Waals surface area (Å²) in [6.45, 7) is 4.02. The van der Waals surface area contributed by atoms with E-state index in [0.29, 0.717) is 0 Å². The van der Waals surface area contributed by atoms with Gasteiger partial charge in [0.25, 0.3) is 0 Å². The molecule has 3 rings (SSSR count). The van der Waals surface area contributed by atoms with Gasteiger partial charge in [-0.05, 0) is 24.3 Å². The van der Waals surface area contributed by atoms with Crippen LogP contribution in [0.25, 0.3) is 11.3 Å².